The van der Waals surface area contributed by atoms with E-state index in [-0.39, 0.29) is 5.91 Å². The molecule has 2 heterocycles. The molecule has 0 spiro atoms. The van der Waals surface area contributed by atoms with E-state index in [1.807, 2.05) is 19.4 Å². The highest BCUT2D eigenvalue weighted by Crippen LogP contribution is 2.19. The van der Waals surface area contributed by atoms with Gasteiger partial charge in [-0.1, -0.05) is 24.3 Å². The fraction of sp³-hybridized carbons (Fsp3) is 0.333. The Kier molecular flexibility index (Phi) is 3.52. The van der Waals surface area contributed by atoms with Gasteiger partial charge in [0.05, 0.1) is 12.7 Å². The zero-order valence-corrected chi connectivity index (χ0v) is 11.5. The number of amides is 1. The fourth-order valence-electron chi connectivity index (χ4n) is 2.46. The van der Waals surface area contributed by atoms with Crippen LogP contribution in [-0.4, -0.2) is 40.2 Å². The number of piperazine rings is 1. The van der Waals surface area contributed by atoms with Gasteiger partial charge in [0.1, 0.15) is 0 Å². The lowest BCUT2D eigenvalue weighted by Crippen LogP contribution is -2.47. The van der Waals surface area contributed by atoms with Crippen molar-refractivity contribution in [3.8, 4) is 11.1 Å². The summed E-state index contributed by atoms with van der Waals surface area (Å²) in [4.78, 5) is 13.5. The summed E-state index contributed by atoms with van der Waals surface area (Å²) in [6, 6.07) is 8.45. The third kappa shape index (κ3) is 2.88. The SMILES string of the molecule is Cn1cc(-c2ccc(CN3CCNC(=O)C3)cc2)cn1. The maximum Gasteiger partial charge on any atom is 0.234 e. The van der Waals surface area contributed by atoms with Crippen molar-refractivity contribution >= 4 is 5.91 Å². The van der Waals surface area contributed by atoms with Crippen LogP contribution in [0.2, 0.25) is 0 Å². The highest BCUT2D eigenvalue weighted by Gasteiger charge is 2.15. The van der Waals surface area contributed by atoms with E-state index in [2.05, 4.69) is 39.6 Å². The van der Waals surface area contributed by atoms with Crippen molar-refractivity contribution in [2.24, 2.45) is 7.05 Å². The number of aryl methyl sites for hydroxylation is 1. The first-order chi connectivity index (χ1) is 9.70. The Balaban J connectivity index is 1.68. The molecule has 0 unspecified atom stereocenters. The van der Waals surface area contributed by atoms with Crippen molar-refractivity contribution in [1.29, 1.82) is 0 Å². The Bertz CT molecular complexity index is 603. The lowest BCUT2D eigenvalue weighted by Gasteiger charge is -2.26. The van der Waals surface area contributed by atoms with Gasteiger partial charge in [0.25, 0.3) is 0 Å². The van der Waals surface area contributed by atoms with Crippen LogP contribution in [0.25, 0.3) is 11.1 Å². The summed E-state index contributed by atoms with van der Waals surface area (Å²) in [6.45, 7) is 2.97. The van der Waals surface area contributed by atoms with E-state index in [1.54, 1.807) is 4.68 Å². The number of aromatic nitrogens is 2. The van der Waals surface area contributed by atoms with Crippen molar-refractivity contribution in [1.82, 2.24) is 20.0 Å². The van der Waals surface area contributed by atoms with Crippen LogP contribution >= 0.6 is 0 Å². The molecular formula is C15H18N4O. The van der Waals surface area contributed by atoms with Crippen molar-refractivity contribution in [3.63, 3.8) is 0 Å². The monoisotopic (exact) mass is 270 g/mol. The van der Waals surface area contributed by atoms with E-state index in [1.165, 1.54) is 11.1 Å². The maximum atomic E-state index is 11.3. The highest BCUT2D eigenvalue weighted by atomic mass is 16.2. The first kappa shape index (κ1) is 12.9. The summed E-state index contributed by atoms with van der Waals surface area (Å²) < 4.78 is 1.80. The fourth-order valence-corrected chi connectivity index (χ4v) is 2.46. The lowest BCUT2D eigenvalue weighted by atomic mass is 10.1. The number of rotatable bonds is 3. The molecule has 0 saturated carbocycles. The molecule has 1 saturated heterocycles. The van der Waals surface area contributed by atoms with E-state index in [9.17, 15) is 4.79 Å². The summed E-state index contributed by atoms with van der Waals surface area (Å²) >= 11 is 0. The largest absolute Gasteiger partial charge is 0.354 e. The molecule has 20 heavy (non-hydrogen) atoms. The summed E-state index contributed by atoms with van der Waals surface area (Å²) in [7, 11) is 1.92. The Labute approximate surface area is 118 Å². The number of nitrogens with one attached hydrogen (secondary N) is 1. The van der Waals surface area contributed by atoms with Gasteiger partial charge >= 0.3 is 0 Å². The third-order valence-corrected chi connectivity index (χ3v) is 3.52. The van der Waals surface area contributed by atoms with Crippen molar-refractivity contribution < 1.29 is 4.79 Å². The predicted molar refractivity (Wildman–Crippen MR) is 76.9 cm³/mol. The zero-order valence-electron chi connectivity index (χ0n) is 11.5. The highest BCUT2D eigenvalue weighted by molar-refractivity contribution is 5.78. The molecule has 1 aliphatic rings. The Hall–Kier alpha value is -2.14. The molecule has 5 nitrogen and oxygen atoms in total. The summed E-state index contributed by atoms with van der Waals surface area (Å²) in [5.74, 6) is 0.114. The van der Waals surface area contributed by atoms with Gasteiger partial charge in [-0.15, -0.1) is 0 Å². The van der Waals surface area contributed by atoms with Gasteiger partial charge in [0.2, 0.25) is 5.91 Å². The second-order valence-corrected chi connectivity index (χ2v) is 5.16. The van der Waals surface area contributed by atoms with Gasteiger partial charge < -0.3 is 5.32 Å². The smallest absolute Gasteiger partial charge is 0.234 e. The second-order valence-electron chi connectivity index (χ2n) is 5.16. The molecular weight excluding hydrogens is 252 g/mol. The van der Waals surface area contributed by atoms with Crippen molar-refractivity contribution in [2.75, 3.05) is 19.6 Å². The molecule has 3 rings (SSSR count). The summed E-state index contributed by atoms with van der Waals surface area (Å²) in [6.07, 6.45) is 3.87. The average molecular weight is 270 g/mol. The molecule has 0 atom stereocenters. The first-order valence-electron chi connectivity index (χ1n) is 6.78. The quantitative estimate of drug-likeness (QED) is 0.906. The molecule has 0 radical (unpaired) electrons. The molecule has 0 aliphatic carbocycles. The minimum Gasteiger partial charge on any atom is -0.354 e. The van der Waals surface area contributed by atoms with Gasteiger partial charge in [-0.25, -0.2) is 0 Å². The molecule has 0 bridgehead atoms. The molecule has 1 amide bonds. The molecule has 104 valence electrons. The van der Waals surface area contributed by atoms with Gasteiger partial charge in [-0.05, 0) is 11.1 Å². The molecule has 1 aromatic heterocycles. The van der Waals surface area contributed by atoms with E-state index in [0.717, 1.165) is 25.2 Å². The molecule has 1 aromatic carbocycles. The molecule has 1 N–H and O–H groups in total. The van der Waals surface area contributed by atoms with E-state index in [4.69, 9.17) is 0 Å². The summed E-state index contributed by atoms with van der Waals surface area (Å²) in [5.41, 5.74) is 3.52. The molecule has 2 aromatic rings. The van der Waals surface area contributed by atoms with Crippen molar-refractivity contribution in [2.45, 2.75) is 6.54 Å². The van der Waals surface area contributed by atoms with Crippen LogP contribution in [0.3, 0.4) is 0 Å². The Morgan fingerprint density at radius 2 is 2.05 bits per heavy atom. The van der Waals surface area contributed by atoms with Crippen LogP contribution in [0.1, 0.15) is 5.56 Å². The van der Waals surface area contributed by atoms with Gasteiger partial charge in [-0.3, -0.25) is 14.4 Å². The molecule has 1 fully saturated rings. The first-order valence-corrected chi connectivity index (χ1v) is 6.78. The zero-order chi connectivity index (χ0) is 13.9. The van der Waals surface area contributed by atoms with Crippen LogP contribution < -0.4 is 5.32 Å². The van der Waals surface area contributed by atoms with Gasteiger partial charge in [0, 0.05) is 38.4 Å². The van der Waals surface area contributed by atoms with Crippen LogP contribution in [0, 0.1) is 0 Å². The predicted octanol–water partition coefficient (Wildman–Crippen LogP) is 1.02. The number of nitrogens with zero attached hydrogens (tertiary/aromatic N) is 3. The van der Waals surface area contributed by atoms with Crippen LogP contribution in [-0.2, 0) is 18.4 Å². The van der Waals surface area contributed by atoms with Gasteiger partial charge in [0.15, 0.2) is 0 Å². The standard InChI is InChI=1S/C15H18N4O/c1-18-10-14(8-17-18)13-4-2-12(3-5-13)9-19-7-6-16-15(20)11-19/h2-5,8,10H,6-7,9,11H2,1H3,(H,16,20). The number of benzene rings is 1. The number of carbonyl (C=O) groups is 1. The van der Waals surface area contributed by atoms with Crippen molar-refractivity contribution in [3.05, 3.63) is 42.2 Å². The Morgan fingerprint density at radius 1 is 1.25 bits per heavy atom. The lowest BCUT2D eigenvalue weighted by molar-refractivity contribution is -0.124. The van der Waals surface area contributed by atoms with Crippen LogP contribution in [0.15, 0.2) is 36.7 Å². The van der Waals surface area contributed by atoms with E-state index < -0.39 is 0 Å². The van der Waals surface area contributed by atoms with E-state index >= 15 is 0 Å². The normalized spacial score (nSPS) is 16.1. The average Bonchev–Trinajstić information content (AvgIpc) is 2.86. The van der Waals surface area contributed by atoms with E-state index in [0.29, 0.717) is 6.54 Å². The number of hydrogen-bond donors (Lipinski definition) is 1. The molecule has 1 aliphatic heterocycles. The summed E-state index contributed by atoms with van der Waals surface area (Å²) in [5, 5.41) is 7.02. The maximum absolute atomic E-state index is 11.3. The second kappa shape index (κ2) is 5.46. The van der Waals surface area contributed by atoms with Crippen LogP contribution in [0.4, 0.5) is 0 Å². The third-order valence-electron chi connectivity index (χ3n) is 3.52. The number of carbonyl (C=O) groups excluding carboxylic acids is 1. The number of hydrogen-bond acceptors (Lipinski definition) is 3. The topological polar surface area (TPSA) is 50.2 Å². The van der Waals surface area contributed by atoms with Crippen LogP contribution in [0.5, 0.6) is 0 Å². The Morgan fingerprint density at radius 3 is 2.70 bits per heavy atom. The minimum atomic E-state index is 0.114. The molecule has 5 heteroatoms. The van der Waals surface area contributed by atoms with Gasteiger partial charge in [-0.2, -0.15) is 5.10 Å². The minimum absolute atomic E-state index is 0.114.